The molecule has 0 amide bonds. The van der Waals surface area contributed by atoms with Crippen LogP contribution in [0.2, 0.25) is 0 Å². The molecule has 1 aromatic carbocycles. The molecule has 1 atom stereocenters. The number of rotatable bonds is 3. The normalized spacial score (nSPS) is 23.7. The zero-order valence-corrected chi connectivity index (χ0v) is 15.7. The van der Waals surface area contributed by atoms with Crippen LogP contribution in [-0.2, 0) is 17.6 Å². The number of fused-ring (bicyclic) bond motifs is 2. The highest BCUT2D eigenvalue weighted by atomic mass is 16.5. The van der Waals surface area contributed by atoms with Crippen molar-refractivity contribution in [2.45, 2.75) is 45.1 Å². The van der Waals surface area contributed by atoms with Gasteiger partial charge in [-0.1, -0.05) is 0 Å². The molecule has 0 saturated carbocycles. The lowest BCUT2D eigenvalue weighted by atomic mass is 10.1. The molecule has 2 aromatic rings. The van der Waals surface area contributed by atoms with Crippen LogP contribution >= 0.6 is 0 Å². The quantitative estimate of drug-likeness (QED) is 0.850. The Labute approximate surface area is 155 Å². The zero-order valence-electron chi connectivity index (χ0n) is 15.7. The highest BCUT2D eigenvalue weighted by molar-refractivity contribution is 5.84. The van der Waals surface area contributed by atoms with Gasteiger partial charge in [0, 0.05) is 44.7 Å². The first-order chi connectivity index (χ1) is 12.8. The van der Waals surface area contributed by atoms with Crippen molar-refractivity contribution >= 4 is 16.9 Å². The second-order valence-electron chi connectivity index (χ2n) is 8.02. The zero-order chi connectivity index (χ0) is 17.5. The molecule has 2 fully saturated rings. The molecule has 26 heavy (non-hydrogen) atoms. The van der Waals surface area contributed by atoms with Crippen molar-refractivity contribution in [3.63, 3.8) is 0 Å². The van der Waals surface area contributed by atoms with E-state index in [0.717, 1.165) is 56.5 Å². The molecule has 5 heteroatoms. The molecule has 138 valence electrons. The van der Waals surface area contributed by atoms with E-state index in [9.17, 15) is 0 Å². The molecule has 1 aliphatic carbocycles. The van der Waals surface area contributed by atoms with E-state index >= 15 is 0 Å². The van der Waals surface area contributed by atoms with Crippen molar-refractivity contribution in [3.05, 3.63) is 29.0 Å². The van der Waals surface area contributed by atoms with Gasteiger partial charge in [-0.15, -0.1) is 0 Å². The maximum atomic E-state index is 5.79. The first-order valence-corrected chi connectivity index (χ1v) is 10.2. The number of hydrogen-bond donors (Lipinski definition) is 0. The third-order valence-electron chi connectivity index (χ3n) is 6.23. The summed E-state index contributed by atoms with van der Waals surface area (Å²) in [6.45, 7) is 8.30. The molecule has 1 aromatic heterocycles. The van der Waals surface area contributed by atoms with Crippen molar-refractivity contribution in [2.24, 2.45) is 0 Å². The van der Waals surface area contributed by atoms with Crippen molar-refractivity contribution in [1.82, 2.24) is 14.9 Å². The molecule has 0 bridgehead atoms. The summed E-state index contributed by atoms with van der Waals surface area (Å²) in [6, 6.07) is 4.64. The van der Waals surface area contributed by atoms with E-state index in [4.69, 9.17) is 14.7 Å². The molecule has 0 N–H and O–H groups in total. The minimum absolute atomic E-state index is 0.447. The van der Waals surface area contributed by atoms with Crippen LogP contribution in [0.5, 0.6) is 0 Å². The topological polar surface area (TPSA) is 41.5 Å². The third kappa shape index (κ3) is 3.08. The number of ether oxygens (including phenoxy) is 1. The van der Waals surface area contributed by atoms with Crippen molar-refractivity contribution in [2.75, 3.05) is 44.2 Å². The molecule has 0 radical (unpaired) electrons. The van der Waals surface area contributed by atoms with Crippen LogP contribution < -0.4 is 4.90 Å². The predicted octanol–water partition coefficient (Wildman–Crippen LogP) is 2.73. The molecule has 1 unspecified atom stereocenters. The van der Waals surface area contributed by atoms with Crippen molar-refractivity contribution < 1.29 is 4.74 Å². The molecular weight excluding hydrogens is 324 g/mol. The van der Waals surface area contributed by atoms with Gasteiger partial charge in [-0.3, -0.25) is 4.90 Å². The fourth-order valence-electron chi connectivity index (χ4n) is 4.68. The smallest absolute Gasteiger partial charge is 0.226 e. The van der Waals surface area contributed by atoms with Gasteiger partial charge < -0.3 is 9.64 Å². The van der Waals surface area contributed by atoms with E-state index in [1.54, 1.807) is 0 Å². The highest BCUT2D eigenvalue weighted by Gasteiger charge is 2.24. The van der Waals surface area contributed by atoms with E-state index in [0.29, 0.717) is 6.10 Å². The van der Waals surface area contributed by atoms with Gasteiger partial charge in [0.2, 0.25) is 5.95 Å². The Bertz CT molecular complexity index is 807. The number of nitrogens with zero attached hydrogens (tertiary/aromatic N) is 4. The Hall–Kier alpha value is -1.72. The second kappa shape index (κ2) is 6.78. The van der Waals surface area contributed by atoms with Gasteiger partial charge in [-0.25, -0.2) is 9.97 Å². The van der Waals surface area contributed by atoms with E-state index in [-0.39, 0.29) is 0 Å². The molecule has 5 nitrogen and oxygen atoms in total. The lowest BCUT2D eigenvalue weighted by molar-refractivity contribution is 0.0712. The van der Waals surface area contributed by atoms with Crippen LogP contribution in [0.4, 0.5) is 5.95 Å². The number of piperazine rings is 1. The Kier molecular flexibility index (Phi) is 4.29. The fourth-order valence-corrected chi connectivity index (χ4v) is 4.68. The van der Waals surface area contributed by atoms with E-state index < -0.39 is 0 Å². The van der Waals surface area contributed by atoms with E-state index in [2.05, 4.69) is 28.9 Å². The van der Waals surface area contributed by atoms with Gasteiger partial charge in [0.25, 0.3) is 0 Å². The monoisotopic (exact) mass is 352 g/mol. The molecule has 2 aliphatic heterocycles. The van der Waals surface area contributed by atoms with E-state index in [1.807, 2.05) is 0 Å². The highest BCUT2D eigenvalue weighted by Crippen LogP contribution is 2.29. The van der Waals surface area contributed by atoms with Crippen molar-refractivity contribution in [1.29, 1.82) is 0 Å². The number of anilines is 1. The van der Waals surface area contributed by atoms with Gasteiger partial charge in [-0.05, 0) is 62.3 Å². The Morgan fingerprint density at radius 1 is 1.04 bits per heavy atom. The van der Waals surface area contributed by atoms with Crippen LogP contribution in [0.3, 0.4) is 0 Å². The maximum Gasteiger partial charge on any atom is 0.226 e. The fraction of sp³-hybridized carbons (Fsp3) is 0.619. The second-order valence-corrected chi connectivity index (χ2v) is 8.02. The summed E-state index contributed by atoms with van der Waals surface area (Å²) in [5.41, 5.74) is 5.22. The van der Waals surface area contributed by atoms with Crippen molar-refractivity contribution in [3.8, 4) is 0 Å². The van der Waals surface area contributed by atoms with Crippen LogP contribution in [0.1, 0.15) is 36.1 Å². The Morgan fingerprint density at radius 3 is 2.62 bits per heavy atom. The summed E-state index contributed by atoms with van der Waals surface area (Å²) in [4.78, 5) is 14.7. The standard InChI is InChI=1S/C21H28N4O/c1-15-19-12-16-4-2-5-17(16)13-20(19)23-21(22-15)25-9-7-24(8-10-25)14-18-6-3-11-26-18/h12-13,18H,2-11,14H2,1H3. The van der Waals surface area contributed by atoms with Crippen LogP contribution in [0.15, 0.2) is 12.1 Å². The van der Waals surface area contributed by atoms with Gasteiger partial charge >= 0.3 is 0 Å². The van der Waals surface area contributed by atoms with Crippen LogP contribution in [0.25, 0.3) is 10.9 Å². The average Bonchev–Trinajstić information content (AvgIpc) is 3.32. The molecule has 0 spiro atoms. The summed E-state index contributed by atoms with van der Waals surface area (Å²) >= 11 is 0. The Morgan fingerprint density at radius 2 is 1.85 bits per heavy atom. The molecule has 2 saturated heterocycles. The Balaban J connectivity index is 1.32. The van der Waals surface area contributed by atoms with Crippen LogP contribution in [0, 0.1) is 6.92 Å². The molecule has 3 heterocycles. The SMILES string of the molecule is Cc1nc(N2CCN(CC3CCCO3)CC2)nc2cc3c(cc12)CCC3. The lowest BCUT2D eigenvalue weighted by Gasteiger charge is -2.35. The average molecular weight is 352 g/mol. The summed E-state index contributed by atoms with van der Waals surface area (Å²) in [5.74, 6) is 0.907. The lowest BCUT2D eigenvalue weighted by Crippen LogP contribution is -2.49. The molecule has 5 rings (SSSR count). The largest absolute Gasteiger partial charge is 0.377 e. The predicted molar refractivity (Wildman–Crippen MR) is 104 cm³/mol. The molecule has 3 aliphatic rings. The maximum absolute atomic E-state index is 5.79. The third-order valence-corrected chi connectivity index (χ3v) is 6.23. The van der Waals surface area contributed by atoms with E-state index in [1.165, 1.54) is 48.6 Å². The first kappa shape index (κ1) is 16.5. The number of benzene rings is 1. The minimum atomic E-state index is 0.447. The summed E-state index contributed by atoms with van der Waals surface area (Å²) < 4.78 is 5.79. The summed E-state index contributed by atoms with van der Waals surface area (Å²) in [7, 11) is 0. The first-order valence-electron chi connectivity index (χ1n) is 10.2. The number of aryl methyl sites for hydroxylation is 3. The number of hydrogen-bond acceptors (Lipinski definition) is 5. The van der Waals surface area contributed by atoms with Gasteiger partial charge in [-0.2, -0.15) is 0 Å². The van der Waals surface area contributed by atoms with Gasteiger partial charge in [0.1, 0.15) is 0 Å². The number of aromatic nitrogens is 2. The van der Waals surface area contributed by atoms with Gasteiger partial charge in [0.05, 0.1) is 17.3 Å². The summed E-state index contributed by atoms with van der Waals surface area (Å²) in [5, 5.41) is 1.23. The van der Waals surface area contributed by atoms with Gasteiger partial charge in [0.15, 0.2) is 0 Å². The summed E-state index contributed by atoms with van der Waals surface area (Å²) in [6.07, 6.45) is 6.57. The molecular formula is C21H28N4O. The van der Waals surface area contributed by atoms with Crippen LogP contribution in [-0.4, -0.2) is 60.3 Å². The minimum Gasteiger partial charge on any atom is -0.377 e.